The summed E-state index contributed by atoms with van der Waals surface area (Å²) in [5.41, 5.74) is 8.40. The molecular formula is C15H23NO2. The molecule has 3 heteroatoms. The first-order valence-corrected chi connectivity index (χ1v) is 6.61. The van der Waals surface area contributed by atoms with Crippen LogP contribution in [0.3, 0.4) is 0 Å². The van der Waals surface area contributed by atoms with E-state index in [1.807, 2.05) is 12.1 Å². The van der Waals surface area contributed by atoms with E-state index >= 15 is 0 Å². The average Bonchev–Trinajstić information content (AvgIpc) is 2.38. The Kier molecular flexibility index (Phi) is 3.93. The molecule has 1 saturated heterocycles. The summed E-state index contributed by atoms with van der Waals surface area (Å²) in [6, 6.07) is 5.98. The van der Waals surface area contributed by atoms with Gasteiger partial charge in [0.15, 0.2) is 0 Å². The largest absolute Gasteiger partial charge is 0.496 e. The van der Waals surface area contributed by atoms with Crippen molar-refractivity contribution in [2.24, 2.45) is 5.73 Å². The first kappa shape index (κ1) is 13.4. The summed E-state index contributed by atoms with van der Waals surface area (Å²) < 4.78 is 11.4. The van der Waals surface area contributed by atoms with Gasteiger partial charge >= 0.3 is 0 Å². The van der Waals surface area contributed by atoms with E-state index < -0.39 is 0 Å². The molecule has 0 aromatic heterocycles. The standard InChI is InChI=1S/C15H23NO2/c1-11-6-7-13(17-3)12(10-11)14(16)15(2)8-4-5-9-18-15/h6-7,10,14H,4-5,8-9,16H2,1-3H3. The molecule has 2 N–H and O–H groups in total. The van der Waals surface area contributed by atoms with Gasteiger partial charge in [-0.25, -0.2) is 0 Å². The molecular weight excluding hydrogens is 226 g/mol. The van der Waals surface area contributed by atoms with Crippen LogP contribution in [0.4, 0.5) is 0 Å². The Balaban J connectivity index is 2.32. The fraction of sp³-hybridized carbons (Fsp3) is 0.600. The van der Waals surface area contributed by atoms with Crippen molar-refractivity contribution >= 4 is 0 Å². The van der Waals surface area contributed by atoms with Gasteiger partial charge in [0.05, 0.1) is 18.8 Å². The third-order valence-corrected chi connectivity index (χ3v) is 3.88. The van der Waals surface area contributed by atoms with Gasteiger partial charge in [0.1, 0.15) is 5.75 Å². The minimum atomic E-state index is -0.278. The number of hydrogen-bond donors (Lipinski definition) is 1. The highest BCUT2D eigenvalue weighted by atomic mass is 16.5. The van der Waals surface area contributed by atoms with E-state index in [-0.39, 0.29) is 11.6 Å². The van der Waals surface area contributed by atoms with Crippen molar-refractivity contribution in [3.63, 3.8) is 0 Å². The van der Waals surface area contributed by atoms with Gasteiger partial charge in [0.2, 0.25) is 0 Å². The molecule has 0 spiro atoms. The molecule has 3 nitrogen and oxygen atoms in total. The minimum absolute atomic E-state index is 0.146. The molecule has 0 aliphatic carbocycles. The third kappa shape index (κ3) is 2.52. The molecule has 2 unspecified atom stereocenters. The van der Waals surface area contributed by atoms with E-state index in [2.05, 4.69) is 19.9 Å². The molecule has 18 heavy (non-hydrogen) atoms. The second-order valence-electron chi connectivity index (χ2n) is 5.34. The minimum Gasteiger partial charge on any atom is -0.496 e. The maximum absolute atomic E-state index is 6.44. The fourth-order valence-corrected chi connectivity index (χ4v) is 2.63. The summed E-state index contributed by atoms with van der Waals surface area (Å²) in [7, 11) is 1.69. The highest BCUT2D eigenvalue weighted by Crippen LogP contribution is 2.38. The molecule has 100 valence electrons. The average molecular weight is 249 g/mol. The molecule has 0 amide bonds. The topological polar surface area (TPSA) is 44.5 Å². The maximum atomic E-state index is 6.44. The number of aryl methyl sites for hydroxylation is 1. The first-order chi connectivity index (χ1) is 8.57. The molecule has 1 aliphatic heterocycles. The second kappa shape index (κ2) is 5.29. The first-order valence-electron chi connectivity index (χ1n) is 6.61. The number of methoxy groups -OCH3 is 1. The summed E-state index contributed by atoms with van der Waals surface area (Å²) in [4.78, 5) is 0. The molecule has 1 fully saturated rings. The molecule has 2 atom stereocenters. The van der Waals surface area contributed by atoms with Crippen LogP contribution in [-0.4, -0.2) is 19.3 Å². The van der Waals surface area contributed by atoms with Gasteiger partial charge in [-0.2, -0.15) is 0 Å². The van der Waals surface area contributed by atoms with Crippen molar-refractivity contribution in [3.8, 4) is 5.75 Å². The lowest BCUT2D eigenvalue weighted by Crippen LogP contribution is -2.43. The summed E-state index contributed by atoms with van der Waals surface area (Å²) >= 11 is 0. The fourth-order valence-electron chi connectivity index (χ4n) is 2.63. The molecule has 1 aromatic rings. The quantitative estimate of drug-likeness (QED) is 0.895. The van der Waals surface area contributed by atoms with Crippen LogP contribution in [0.25, 0.3) is 0 Å². The maximum Gasteiger partial charge on any atom is 0.123 e. The van der Waals surface area contributed by atoms with Crippen molar-refractivity contribution < 1.29 is 9.47 Å². The molecule has 0 radical (unpaired) electrons. The number of nitrogens with two attached hydrogens (primary N) is 1. The predicted octanol–water partition coefficient (Wildman–Crippen LogP) is 2.96. The number of rotatable bonds is 3. The zero-order valence-corrected chi connectivity index (χ0v) is 11.5. The monoisotopic (exact) mass is 249 g/mol. The van der Waals surface area contributed by atoms with Crippen molar-refractivity contribution in [3.05, 3.63) is 29.3 Å². The Morgan fingerprint density at radius 1 is 1.39 bits per heavy atom. The van der Waals surface area contributed by atoms with E-state index in [1.54, 1.807) is 7.11 Å². The zero-order chi connectivity index (χ0) is 13.2. The van der Waals surface area contributed by atoms with Crippen LogP contribution in [0.1, 0.15) is 43.4 Å². The normalized spacial score (nSPS) is 25.8. The lowest BCUT2D eigenvalue weighted by molar-refractivity contribution is -0.0823. The van der Waals surface area contributed by atoms with Crippen LogP contribution in [0.15, 0.2) is 18.2 Å². The van der Waals surface area contributed by atoms with E-state index in [4.69, 9.17) is 15.2 Å². The van der Waals surface area contributed by atoms with Gasteiger partial charge in [-0.05, 0) is 39.2 Å². The molecule has 2 rings (SSSR count). The summed E-state index contributed by atoms with van der Waals surface area (Å²) in [6.07, 6.45) is 3.32. The Morgan fingerprint density at radius 2 is 2.17 bits per heavy atom. The van der Waals surface area contributed by atoms with Gasteiger partial charge in [-0.3, -0.25) is 0 Å². The van der Waals surface area contributed by atoms with Crippen LogP contribution in [-0.2, 0) is 4.74 Å². The summed E-state index contributed by atoms with van der Waals surface area (Å²) in [5.74, 6) is 0.850. The SMILES string of the molecule is COc1ccc(C)cc1C(N)C1(C)CCCCO1. The Morgan fingerprint density at radius 3 is 2.78 bits per heavy atom. The highest BCUT2D eigenvalue weighted by molar-refractivity contribution is 5.40. The predicted molar refractivity (Wildman–Crippen MR) is 72.9 cm³/mol. The zero-order valence-electron chi connectivity index (χ0n) is 11.5. The number of benzene rings is 1. The summed E-state index contributed by atoms with van der Waals surface area (Å²) in [5, 5.41) is 0. The summed E-state index contributed by atoms with van der Waals surface area (Å²) in [6.45, 7) is 4.98. The van der Waals surface area contributed by atoms with Gasteiger partial charge in [0.25, 0.3) is 0 Å². The molecule has 1 aromatic carbocycles. The highest BCUT2D eigenvalue weighted by Gasteiger charge is 2.36. The molecule has 1 aliphatic rings. The molecule has 0 saturated carbocycles. The van der Waals surface area contributed by atoms with E-state index in [1.165, 1.54) is 12.0 Å². The number of ether oxygens (including phenoxy) is 2. The van der Waals surface area contributed by atoms with Crippen molar-refractivity contribution in [1.29, 1.82) is 0 Å². The van der Waals surface area contributed by atoms with Crippen molar-refractivity contribution in [1.82, 2.24) is 0 Å². The van der Waals surface area contributed by atoms with Crippen LogP contribution in [0.5, 0.6) is 5.75 Å². The van der Waals surface area contributed by atoms with Gasteiger partial charge in [-0.1, -0.05) is 17.7 Å². The van der Waals surface area contributed by atoms with Crippen molar-refractivity contribution in [2.45, 2.75) is 44.8 Å². The smallest absolute Gasteiger partial charge is 0.123 e. The van der Waals surface area contributed by atoms with E-state index in [0.29, 0.717) is 0 Å². The van der Waals surface area contributed by atoms with Crippen LogP contribution in [0.2, 0.25) is 0 Å². The number of hydrogen-bond acceptors (Lipinski definition) is 3. The molecule has 1 heterocycles. The third-order valence-electron chi connectivity index (χ3n) is 3.88. The van der Waals surface area contributed by atoms with Gasteiger partial charge < -0.3 is 15.2 Å². The lowest BCUT2D eigenvalue weighted by Gasteiger charge is -2.39. The van der Waals surface area contributed by atoms with Gasteiger partial charge in [0, 0.05) is 12.2 Å². The lowest BCUT2D eigenvalue weighted by atomic mass is 9.84. The van der Waals surface area contributed by atoms with Crippen LogP contribution >= 0.6 is 0 Å². The van der Waals surface area contributed by atoms with Crippen molar-refractivity contribution in [2.75, 3.05) is 13.7 Å². The van der Waals surface area contributed by atoms with E-state index in [0.717, 1.165) is 30.8 Å². The Labute approximate surface area is 109 Å². The molecule has 0 bridgehead atoms. The Hall–Kier alpha value is -1.06. The second-order valence-corrected chi connectivity index (χ2v) is 5.34. The van der Waals surface area contributed by atoms with Gasteiger partial charge in [-0.15, -0.1) is 0 Å². The van der Waals surface area contributed by atoms with Crippen LogP contribution < -0.4 is 10.5 Å². The van der Waals surface area contributed by atoms with E-state index in [9.17, 15) is 0 Å². The Bertz CT molecular complexity index is 411. The van der Waals surface area contributed by atoms with Crippen LogP contribution in [0, 0.1) is 6.92 Å².